The van der Waals surface area contributed by atoms with E-state index in [4.69, 9.17) is 4.74 Å². The van der Waals surface area contributed by atoms with Crippen molar-refractivity contribution in [3.05, 3.63) is 58.4 Å². The molecule has 0 amide bonds. The van der Waals surface area contributed by atoms with Crippen LogP contribution in [0.2, 0.25) is 0 Å². The van der Waals surface area contributed by atoms with Gasteiger partial charge in [-0.3, -0.25) is 0 Å². The van der Waals surface area contributed by atoms with Crippen LogP contribution in [0, 0.1) is 0 Å². The van der Waals surface area contributed by atoms with E-state index in [1.54, 1.807) is 20.8 Å². The second-order valence-electron chi connectivity index (χ2n) is 5.07. The van der Waals surface area contributed by atoms with Crippen molar-refractivity contribution in [2.24, 2.45) is 0 Å². The van der Waals surface area contributed by atoms with Crippen molar-refractivity contribution in [2.45, 2.75) is 26.7 Å². The highest BCUT2D eigenvalue weighted by Crippen LogP contribution is 2.38. The first-order chi connectivity index (χ1) is 10.5. The van der Waals surface area contributed by atoms with E-state index >= 15 is 0 Å². The number of carbonyl (C=O) groups excluding carboxylic acids is 1. The molecule has 0 saturated carbocycles. The van der Waals surface area contributed by atoms with E-state index in [2.05, 4.69) is 5.32 Å². The molecule has 0 bridgehead atoms. The molecule has 0 saturated heterocycles. The van der Waals surface area contributed by atoms with Gasteiger partial charge in [-0.25, -0.2) is 9.59 Å². The second-order valence-corrected chi connectivity index (χ2v) is 5.07. The molecule has 1 aromatic rings. The fourth-order valence-electron chi connectivity index (χ4n) is 2.74. The summed E-state index contributed by atoms with van der Waals surface area (Å²) in [5, 5.41) is 12.6. The normalized spacial score (nSPS) is 18.0. The van der Waals surface area contributed by atoms with Crippen LogP contribution in [0.4, 0.5) is 0 Å². The van der Waals surface area contributed by atoms with Crippen molar-refractivity contribution < 1.29 is 19.4 Å². The Morgan fingerprint density at radius 3 is 2.27 bits per heavy atom. The Labute approximate surface area is 129 Å². The molecule has 0 unspecified atom stereocenters. The SMILES string of the molecule is CCOC(=O)C1=C(C)NC(C)=C(C(=O)O)[C@@H]1c1ccccc1. The third kappa shape index (κ3) is 2.88. The number of dihydropyridines is 1. The first-order valence-electron chi connectivity index (χ1n) is 7.11. The monoisotopic (exact) mass is 301 g/mol. The average Bonchev–Trinajstić information content (AvgIpc) is 2.47. The molecule has 1 aliphatic rings. The molecular formula is C17H19NO4. The van der Waals surface area contributed by atoms with Crippen molar-refractivity contribution in [2.75, 3.05) is 6.61 Å². The lowest BCUT2D eigenvalue weighted by atomic mass is 9.80. The molecule has 0 aromatic heterocycles. The fraction of sp³-hybridized carbons (Fsp3) is 0.294. The maximum absolute atomic E-state index is 12.3. The molecule has 5 nitrogen and oxygen atoms in total. The molecule has 1 atom stereocenters. The largest absolute Gasteiger partial charge is 0.478 e. The number of hydrogen-bond donors (Lipinski definition) is 2. The Morgan fingerprint density at radius 2 is 1.73 bits per heavy atom. The Bertz CT molecular complexity index is 658. The number of rotatable bonds is 4. The number of allylic oxidation sites excluding steroid dienone is 2. The zero-order valence-corrected chi connectivity index (χ0v) is 12.8. The molecule has 2 rings (SSSR count). The van der Waals surface area contributed by atoms with E-state index in [-0.39, 0.29) is 12.2 Å². The van der Waals surface area contributed by atoms with E-state index in [1.165, 1.54) is 0 Å². The smallest absolute Gasteiger partial charge is 0.336 e. The van der Waals surface area contributed by atoms with Crippen LogP contribution >= 0.6 is 0 Å². The molecule has 0 radical (unpaired) electrons. The number of carbonyl (C=O) groups is 2. The van der Waals surface area contributed by atoms with Crippen molar-refractivity contribution in [1.29, 1.82) is 0 Å². The molecule has 0 spiro atoms. The minimum Gasteiger partial charge on any atom is -0.478 e. The number of esters is 1. The maximum Gasteiger partial charge on any atom is 0.336 e. The number of hydrogen-bond acceptors (Lipinski definition) is 4. The van der Waals surface area contributed by atoms with Gasteiger partial charge in [0, 0.05) is 11.4 Å². The topological polar surface area (TPSA) is 75.6 Å². The highest BCUT2D eigenvalue weighted by molar-refractivity contribution is 5.99. The maximum atomic E-state index is 12.3. The van der Waals surface area contributed by atoms with Gasteiger partial charge < -0.3 is 15.2 Å². The minimum absolute atomic E-state index is 0.167. The standard InChI is InChI=1S/C17H19NO4/c1-4-22-17(21)14-11(3)18-10(2)13(16(19)20)15(14)12-8-6-5-7-9-12/h5-9,15,18H,4H2,1-3H3,(H,19,20)/t15-/m0/s1. The van der Waals surface area contributed by atoms with Crippen LogP contribution in [0.15, 0.2) is 52.9 Å². The van der Waals surface area contributed by atoms with Crippen molar-refractivity contribution in [3.63, 3.8) is 0 Å². The molecule has 1 aromatic carbocycles. The van der Waals surface area contributed by atoms with Gasteiger partial charge >= 0.3 is 11.9 Å². The van der Waals surface area contributed by atoms with Gasteiger partial charge in [-0.15, -0.1) is 0 Å². The lowest BCUT2D eigenvalue weighted by Crippen LogP contribution is -2.31. The number of aliphatic carboxylic acids is 1. The number of nitrogens with one attached hydrogen (secondary N) is 1. The van der Waals surface area contributed by atoms with Crippen LogP contribution < -0.4 is 5.32 Å². The van der Waals surface area contributed by atoms with Gasteiger partial charge in [0.1, 0.15) is 0 Å². The molecule has 1 heterocycles. The molecule has 0 fully saturated rings. The molecule has 1 aliphatic heterocycles. The molecule has 22 heavy (non-hydrogen) atoms. The number of benzene rings is 1. The van der Waals surface area contributed by atoms with Gasteiger partial charge in [0.05, 0.1) is 23.7 Å². The second kappa shape index (κ2) is 6.47. The summed E-state index contributed by atoms with van der Waals surface area (Å²) >= 11 is 0. The minimum atomic E-state index is -1.05. The van der Waals surface area contributed by atoms with Crippen molar-refractivity contribution in [1.82, 2.24) is 5.32 Å². The van der Waals surface area contributed by atoms with Crippen LogP contribution in [0.25, 0.3) is 0 Å². The highest BCUT2D eigenvalue weighted by Gasteiger charge is 2.36. The Kier molecular flexibility index (Phi) is 4.65. The van der Waals surface area contributed by atoms with Gasteiger partial charge in [-0.05, 0) is 26.3 Å². The predicted molar refractivity (Wildman–Crippen MR) is 82.0 cm³/mol. The van der Waals surface area contributed by atoms with Crippen LogP contribution in [-0.4, -0.2) is 23.7 Å². The number of carboxylic acids is 1. The predicted octanol–water partition coefficient (Wildman–Crippen LogP) is 2.57. The summed E-state index contributed by atoms with van der Waals surface area (Å²) in [7, 11) is 0. The summed E-state index contributed by atoms with van der Waals surface area (Å²) < 4.78 is 5.11. The summed E-state index contributed by atoms with van der Waals surface area (Å²) in [5.74, 6) is -2.18. The van der Waals surface area contributed by atoms with E-state index in [1.807, 2.05) is 30.3 Å². The van der Waals surface area contributed by atoms with Gasteiger partial charge in [0.2, 0.25) is 0 Å². The zero-order valence-electron chi connectivity index (χ0n) is 12.8. The van der Waals surface area contributed by atoms with E-state index in [0.29, 0.717) is 17.0 Å². The summed E-state index contributed by atoms with van der Waals surface area (Å²) in [5.41, 5.74) is 2.42. The van der Waals surface area contributed by atoms with Crippen LogP contribution in [-0.2, 0) is 14.3 Å². The summed E-state index contributed by atoms with van der Waals surface area (Å²) in [4.78, 5) is 24.0. The first-order valence-corrected chi connectivity index (χ1v) is 7.11. The van der Waals surface area contributed by atoms with E-state index < -0.39 is 17.9 Å². The van der Waals surface area contributed by atoms with Crippen molar-refractivity contribution in [3.8, 4) is 0 Å². The van der Waals surface area contributed by atoms with Crippen LogP contribution in [0.3, 0.4) is 0 Å². The van der Waals surface area contributed by atoms with E-state index in [9.17, 15) is 14.7 Å². The Hall–Kier alpha value is -2.56. The summed E-state index contributed by atoms with van der Waals surface area (Å²) in [6.07, 6.45) is 0. The molecule has 5 heteroatoms. The van der Waals surface area contributed by atoms with Gasteiger partial charge in [-0.1, -0.05) is 30.3 Å². The van der Waals surface area contributed by atoms with Gasteiger partial charge in [-0.2, -0.15) is 0 Å². The molecule has 2 N–H and O–H groups in total. The quantitative estimate of drug-likeness (QED) is 0.836. The van der Waals surface area contributed by atoms with E-state index in [0.717, 1.165) is 5.56 Å². The molecule has 116 valence electrons. The van der Waals surface area contributed by atoms with Gasteiger partial charge in [0.25, 0.3) is 0 Å². The molecular weight excluding hydrogens is 282 g/mol. The zero-order chi connectivity index (χ0) is 16.3. The summed E-state index contributed by atoms with van der Waals surface area (Å²) in [6.45, 7) is 5.41. The third-order valence-electron chi connectivity index (χ3n) is 3.62. The highest BCUT2D eigenvalue weighted by atomic mass is 16.5. The Balaban J connectivity index is 2.62. The lowest BCUT2D eigenvalue weighted by Gasteiger charge is -2.29. The van der Waals surface area contributed by atoms with Crippen LogP contribution in [0.5, 0.6) is 0 Å². The van der Waals surface area contributed by atoms with Crippen molar-refractivity contribution >= 4 is 11.9 Å². The van der Waals surface area contributed by atoms with Gasteiger partial charge in [0.15, 0.2) is 0 Å². The third-order valence-corrected chi connectivity index (χ3v) is 3.62. The summed E-state index contributed by atoms with van der Waals surface area (Å²) in [6, 6.07) is 9.13. The number of ether oxygens (including phenoxy) is 1. The Morgan fingerprint density at radius 1 is 1.14 bits per heavy atom. The average molecular weight is 301 g/mol. The fourth-order valence-corrected chi connectivity index (χ4v) is 2.74. The number of carboxylic acid groups (broad SMARTS) is 1. The lowest BCUT2D eigenvalue weighted by molar-refractivity contribution is -0.138. The molecule has 0 aliphatic carbocycles. The first kappa shape index (κ1) is 15.8. The van der Waals surface area contributed by atoms with Crippen LogP contribution in [0.1, 0.15) is 32.3 Å².